The van der Waals surface area contributed by atoms with Gasteiger partial charge in [-0.25, -0.2) is 0 Å². The molecule has 2 rings (SSSR count). The highest BCUT2D eigenvalue weighted by molar-refractivity contribution is 6.34. The van der Waals surface area contributed by atoms with Gasteiger partial charge in [0.15, 0.2) is 5.69 Å². The van der Waals surface area contributed by atoms with Crippen LogP contribution in [0.15, 0.2) is 30.3 Å². The molecule has 0 unspecified atom stereocenters. The van der Waals surface area contributed by atoms with Crippen molar-refractivity contribution < 1.29 is 4.79 Å². The Balaban J connectivity index is 2.12. The molecule has 2 N–H and O–H groups in total. The van der Waals surface area contributed by atoms with Crippen LogP contribution in [0.2, 0.25) is 5.02 Å². The van der Waals surface area contributed by atoms with Crippen molar-refractivity contribution in [3.05, 3.63) is 46.6 Å². The molecule has 0 atom stereocenters. The highest BCUT2D eigenvalue weighted by atomic mass is 35.5. The molecule has 1 aromatic carbocycles. The van der Waals surface area contributed by atoms with Crippen molar-refractivity contribution in [3.63, 3.8) is 0 Å². The second-order valence-electron chi connectivity index (χ2n) is 4.09. The van der Waals surface area contributed by atoms with E-state index in [4.69, 9.17) is 16.9 Å². The van der Waals surface area contributed by atoms with Gasteiger partial charge in [0.2, 0.25) is 0 Å². The van der Waals surface area contributed by atoms with Gasteiger partial charge in [-0.1, -0.05) is 11.6 Å². The quantitative estimate of drug-likeness (QED) is 0.906. The molecule has 0 saturated carbocycles. The van der Waals surface area contributed by atoms with Gasteiger partial charge in [-0.05, 0) is 37.3 Å². The Hall–Kier alpha value is -2.65. The molecule has 1 aromatic heterocycles. The summed E-state index contributed by atoms with van der Waals surface area (Å²) in [4.78, 5) is 12.0. The Labute approximate surface area is 126 Å². The van der Waals surface area contributed by atoms with Crippen LogP contribution in [0.25, 0.3) is 0 Å². The van der Waals surface area contributed by atoms with Crippen LogP contribution in [0.1, 0.15) is 23.0 Å². The fourth-order valence-electron chi connectivity index (χ4n) is 1.60. The van der Waals surface area contributed by atoms with Crippen molar-refractivity contribution >= 4 is 29.0 Å². The number of nitrogens with one attached hydrogen (secondary N) is 2. The van der Waals surface area contributed by atoms with Crippen molar-refractivity contribution in [2.24, 2.45) is 0 Å². The topological polar surface area (TPSA) is 90.7 Å². The summed E-state index contributed by atoms with van der Waals surface area (Å²) in [6.45, 7) is 2.66. The number of rotatable bonds is 4. The summed E-state index contributed by atoms with van der Waals surface area (Å²) >= 11 is 5.99. The number of halogens is 1. The van der Waals surface area contributed by atoms with E-state index in [1.54, 1.807) is 24.3 Å². The minimum absolute atomic E-state index is 0.178. The lowest BCUT2D eigenvalue weighted by Gasteiger charge is -2.07. The molecule has 106 valence electrons. The van der Waals surface area contributed by atoms with Crippen LogP contribution >= 0.6 is 11.6 Å². The summed E-state index contributed by atoms with van der Waals surface area (Å²) in [7, 11) is 0. The van der Waals surface area contributed by atoms with Gasteiger partial charge in [0.1, 0.15) is 5.82 Å². The Morgan fingerprint density at radius 1 is 1.33 bits per heavy atom. The number of nitriles is 1. The zero-order chi connectivity index (χ0) is 15.2. The molecule has 0 aliphatic rings. The summed E-state index contributed by atoms with van der Waals surface area (Å²) in [5.41, 5.74) is 1.02. The lowest BCUT2D eigenvalue weighted by Crippen LogP contribution is -2.15. The van der Waals surface area contributed by atoms with E-state index in [0.29, 0.717) is 22.1 Å². The van der Waals surface area contributed by atoms with Crippen molar-refractivity contribution in [1.82, 2.24) is 10.2 Å². The normalized spacial score (nSPS) is 9.76. The molecule has 0 bridgehead atoms. The molecule has 1 heterocycles. The Bertz CT molecular complexity index is 694. The monoisotopic (exact) mass is 301 g/mol. The van der Waals surface area contributed by atoms with Crippen LogP contribution in [0.3, 0.4) is 0 Å². The number of carbonyl (C=O) groups excluding carboxylic acids is 1. The molecule has 1 amide bonds. The van der Waals surface area contributed by atoms with Crippen LogP contribution in [0.4, 0.5) is 11.5 Å². The lowest BCUT2D eigenvalue weighted by molar-refractivity contribution is 0.102. The molecular formula is C14H12ClN5O. The van der Waals surface area contributed by atoms with Gasteiger partial charge in [-0.3, -0.25) is 4.79 Å². The standard InChI is InChI=1S/C14H12ClN5O/c1-2-17-13-6-5-12(19-20-13)14(21)18-11-4-3-9(8-16)7-10(11)15/h3-7H,2H2,1H3,(H,17,20)(H,18,21). The summed E-state index contributed by atoms with van der Waals surface area (Å²) in [5.74, 6) is 0.183. The largest absolute Gasteiger partial charge is 0.369 e. The Morgan fingerprint density at radius 2 is 2.14 bits per heavy atom. The summed E-state index contributed by atoms with van der Waals surface area (Å²) in [5, 5.41) is 22.4. The molecule has 2 aromatic rings. The highest BCUT2D eigenvalue weighted by Crippen LogP contribution is 2.23. The molecular weight excluding hydrogens is 290 g/mol. The van der Waals surface area contributed by atoms with Crippen molar-refractivity contribution in [2.45, 2.75) is 6.92 Å². The molecule has 0 aliphatic heterocycles. The van der Waals surface area contributed by atoms with Crippen LogP contribution in [-0.2, 0) is 0 Å². The van der Waals surface area contributed by atoms with Crippen molar-refractivity contribution in [2.75, 3.05) is 17.2 Å². The first-order valence-electron chi connectivity index (χ1n) is 6.22. The van der Waals surface area contributed by atoms with E-state index in [0.717, 1.165) is 6.54 Å². The number of amides is 1. The smallest absolute Gasteiger partial charge is 0.276 e. The molecule has 0 saturated heterocycles. The zero-order valence-corrected chi connectivity index (χ0v) is 12.0. The van der Waals surface area contributed by atoms with Gasteiger partial charge in [0.25, 0.3) is 5.91 Å². The van der Waals surface area contributed by atoms with Crippen molar-refractivity contribution in [1.29, 1.82) is 5.26 Å². The SMILES string of the molecule is CCNc1ccc(C(=O)Nc2ccc(C#N)cc2Cl)nn1. The number of anilines is 2. The number of carbonyl (C=O) groups is 1. The summed E-state index contributed by atoms with van der Waals surface area (Å²) in [6.07, 6.45) is 0. The third-order valence-corrected chi connectivity index (χ3v) is 2.91. The maximum Gasteiger partial charge on any atom is 0.276 e. The van der Waals surface area contributed by atoms with Crippen LogP contribution in [-0.4, -0.2) is 22.6 Å². The molecule has 0 spiro atoms. The van der Waals surface area contributed by atoms with E-state index in [-0.39, 0.29) is 5.69 Å². The van der Waals surface area contributed by atoms with Gasteiger partial charge in [0.05, 0.1) is 22.3 Å². The second kappa shape index (κ2) is 6.68. The van der Waals surface area contributed by atoms with Crippen LogP contribution in [0.5, 0.6) is 0 Å². The third kappa shape index (κ3) is 3.68. The maximum absolute atomic E-state index is 12.0. The number of benzene rings is 1. The first-order valence-corrected chi connectivity index (χ1v) is 6.60. The first kappa shape index (κ1) is 14.8. The molecule has 0 aliphatic carbocycles. The lowest BCUT2D eigenvalue weighted by atomic mass is 10.2. The molecule has 0 radical (unpaired) electrons. The molecule has 21 heavy (non-hydrogen) atoms. The zero-order valence-electron chi connectivity index (χ0n) is 11.2. The molecule has 0 fully saturated rings. The van der Waals surface area contributed by atoms with Gasteiger partial charge in [0, 0.05) is 6.54 Å². The summed E-state index contributed by atoms with van der Waals surface area (Å²) in [6, 6.07) is 9.83. The molecule has 6 nitrogen and oxygen atoms in total. The highest BCUT2D eigenvalue weighted by Gasteiger charge is 2.11. The minimum Gasteiger partial charge on any atom is -0.369 e. The Morgan fingerprint density at radius 3 is 2.71 bits per heavy atom. The fourth-order valence-corrected chi connectivity index (χ4v) is 1.83. The van der Waals surface area contributed by atoms with Gasteiger partial charge < -0.3 is 10.6 Å². The minimum atomic E-state index is -0.419. The van der Waals surface area contributed by atoms with E-state index >= 15 is 0 Å². The van der Waals surface area contributed by atoms with Gasteiger partial charge in [-0.2, -0.15) is 5.26 Å². The molecule has 7 heteroatoms. The van der Waals surface area contributed by atoms with E-state index in [2.05, 4.69) is 20.8 Å². The maximum atomic E-state index is 12.0. The van der Waals surface area contributed by atoms with Crippen LogP contribution in [0, 0.1) is 11.3 Å². The Kier molecular flexibility index (Phi) is 4.69. The van der Waals surface area contributed by atoms with E-state index in [1.165, 1.54) is 6.07 Å². The van der Waals surface area contributed by atoms with Crippen molar-refractivity contribution in [3.8, 4) is 6.07 Å². The van der Waals surface area contributed by atoms with Gasteiger partial charge >= 0.3 is 0 Å². The number of hydrogen-bond donors (Lipinski definition) is 2. The number of nitrogens with zero attached hydrogens (tertiary/aromatic N) is 3. The predicted octanol–water partition coefficient (Wildman–Crippen LogP) is 2.69. The average Bonchev–Trinajstić information content (AvgIpc) is 2.50. The first-order chi connectivity index (χ1) is 10.1. The fraction of sp³-hybridized carbons (Fsp3) is 0.143. The average molecular weight is 302 g/mol. The van der Waals surface area contributed by atoms with Crippen LogP contribution < -0.4 is 10.6 Å². The number of hydrogen-bond acceptors (Lipinski definition) is 5. The summed E-state index contributed by atoms with van der Waals surface area (Å²) < 4.78 is 0. The third-order valence-electron chi connectivity index (χ3n) is 2.60. The van der Waals surface area contributed by atoms with E-state index in [9.17, 15) is 4.79 Å². The second-order valence-corrected chi connectivity index (χ2v) is 4.50. The number of aromatic nitrogens is 2. The predicted molar refractivity (Wildman–Crippen MR) is 80.3 cm³/mol. The van der Waals surface area contributed by atoms with Gasteiger partial charge in [-0.15, -0.1) is 10.2 Å². The van der Waals surface area contributed by atoms with E-state index < -0.39 is 5.91 Å². The van der Waals surface area contributed by atoms with E-state index in [1.807, 2.05) is 13.0 Å².